The number of nitrogens with zero attached hydrogens (tertiary/aromatic N) is 2. The first kappa shape index (κ1) is 30.0. The quantitative estimate of drug-likeness (QED) is 0.170. The molecule has 0 amide bonds. The zero-order chi connectivity index (χ0) is 34.9. The van der Waals surface area contributed by atoms with Crippen LogP contribution in [0.5, 0.6) is 0 Å². The second-order valence-electron chi connectivity index (χ2n) is 13.7. The van der Waals surface area contributed by atoms with Crippen molar-refractivity contribution >= 4 is 64.2 Å². The van der Waals surface area contributed by atoms with Crippen molar-refractivity contribution in [1.82, 2.24) is 9.13 Å². The highest BCUT2D eigenvalue weighted by Gasteiger charge is 2.20. The van der Waals surface area contributed by atoms with Crippen LogP contribution in [0.25, 0.3) is 97.6 Å². The van der Waals surface area contributed by atoms with Crippen molar-refractivity contribution in [3.8, 4) is 44.8 Å². The van der Waals surface area contributed by atoms with Crippen molar-refractivity contribution in [2.75, 3.05) is 0 Å². The fourth-order valence-corrected chi connectivity index (χ4v) is 9.66. The third-order valence-electron chi connectivity index (χ3n) is 10.7. The molecule has 2 nitrogen and oxygen atoms in total. The Bertz CT molecular complexity index is 3090. The molecule has 248 valence electrons. The maximum atomic E-state index is 2.52. The molecule has 0 aliphatic carbocycles. The number of thiophene rings is 1. The number of hydrogen-bond acceptors (Lipinski definition) is 1. The van der Waals surface area contributed by atoms with Crippen molar-refractivity contribution in [3.63, 3.8) is 0 Å². The molecule has 3 heteroatoms. The van der Waals surface area contributed by atoms with Gasteiger partial charge >= 0.3 is 0 Å². The van der Waals surface area contributed by atoms with Crippen LogP contribution in [-0.4, -0.2) is 9.13 Å². The third-order valence-corrected chi connectivity index (χ3v) is 12.0. The molecule has 8 aromatic carbocycles. The number of para-hydroxylation sites is 1. The van der Waals surface area contributed by atoms with E-state index in [0.29, 0.717) is 0 Å². The van der Waals surface area contributed by atoms with Crippen LogP contribution in [0.3, 0.4) is 0 Å². The zero-order valence-electron chi connectivity index (χ0n) is 28.8. The summed E-state index contributed by atoms with van der Waals surface area (Å²) in [5.74, 6) is 0. The molecule has 3 aromatic heterocycles. The van der Waals surface area contributed by atoms with Gasteiger partial charge in [-0.05, 0) is 75.8 Å². The standard InChI is InChI=1S/C50H32N2S/c1-4-14-33(15-5-1)36-30-37(34-16-6-2-7-17-34)32-38(31-36)51-29-28-44-45(51)27-26-41-40-20-10-11-24-46(40)52(48(41)44)47-25-13-23-43-42-22-12-21-39(49(42)53-50(43)47)35-18-8-3-9-19-35/h1-32H. The van der Waals surface area contributed by atoms with Gasteiger partial charge in [0.15, 0.2) is 0 Å². The summed E-state index contributed by atoms with van der Waals surface area (Å²) >= 11 is 1.91. The molecule has 0 saturated carbocycles. The van der Waals surface area contributed by atoms with Crippen molar-refractivity contribution < 1.29 is 0 Å². The Morgan fingerprint density at radius 3 is 1.68 bits per heavy atom. The van der Waals surface area contributed by atoms with E-state index in [4.69, 9.17) is 0 Å². The van der Waals surface area contributed by atoms with E-state index in [0.717, 1.165) is 5.69 Å². The summed E-state index contributed by atoms with van der Waals surface area (Å²) < 4.78 is 7.51. The second kappa shape index (κ2) is 11.9. The first-order valence-corrected chi connectivity index (χ1v) is 18.9. The van der Waals surface area contributed by atoms with Crippen LogP contribution in [0.4, 0.5) is 0 Å². The summed E-state index contributed by atoms with van der Waals surface area (Å²) in [6.45, 7) is 0. The maximum absolute atomic E-state index is 2.52. The molecule has 0 unspecified atom stereocenters. The Morgan fingerprint density at radius 2 is 0.962 bits per heavy atom. The molecule has 0 saturated heterocycles. The minimum absolute atomic E-state index is 1.14. The van der Waals surface area contributed by atoms with Gasteiger partial charge in [0.25, 0.3) is 0 Å². The van der Waals surface area contributed by atoms with Crippen LogP contribution < -0.4 is 0 Å². The minimum Gasteiger partial charge on any atom is -0.316 e. The molecular formula is C50H32N2S. The van der Waals surface area contributed by atoms with Gasteiger partial charge in [0.1, 0.15) is 0 Å². The lowest BCUT2D eigenvalue weighted by Crippen LogP contribution is -1.96. The zero-order valence-corrected chi connectivity index (χ0v) is 29.6. The molecule has 53 heavy (non-hydrogen) atoms. The highest BCUT2D eigenvalue weighted by Crippen LogP contribution is 2.45. The van der Waals surface area contributed by atoms with E-state index >= 15 is 0 Å². The summed E-state index contributed by atoms with van der Waals surface area (Å²) in [6.07, 6.45) is 2.25. The van der Waals surface area contributed by atoms with Crippen LogP contribution in [0, 0.1) is 0 Å². The predicted octanol–water partition coefficient (Wildman–Crippen LogP) is 14.1. The summed E-state index contributed by atoms with van der Waals surface area (Å²) in [5.41, 5.74) is 13.3. The van der Waals surface area contributed by atoms with E-state index in [1.54, 1.807) is 0 Å². The molecule has 11 rings (SSSR count). The summed E-state index contributed by atoms with van der Waals surface area (Å²) in [6, 6.07) is 68.5. The van der Waals surface area contributed by atoms with Gasteiger partial charge in [0, 0.05) is 43.5 Å². The third kappa shape index (κ3) is 4.71. The van der Waals surface area contributed by atoms with Crippen molar-refractivity contribution in [1.29, 1.82) is 0 Å². The minimum atomic E-state index is 1.14. The van der Waals surface area contributed by atoms with Crippen molar-refractivity contribution in [2.45, 2.75) is 0 Å². The van der Waals surface area contributed by atoms with E-state index in [2.05, 4.69) is 203 Å². The van der Waals surface area contributed by atoms with Crippen LogP contribution in [0.2, 0.25) is 0 Å². The average Bonchev–Trinajstić information content (AvgIpc) is 3.94. The number of rotatable bonds is 5. The number of fused-ring (bicyclic) bond motifs is 8. The molecule has 0 atom stereocenters. The fraction of sp³-hybridized carbons (Fsp3) is 0. The van der Waals surface area contributed by atoms with Gasteiger partial charge in [0.05, 0.1) is 26.9 Å². The van der Waals surface area contributed by atoms with E-state index in [9.17, 15) is 0 Å². The molecule has 0 spiro atoms. The molecule has 0 fully saturated rings. The van der Waals surface area contributed by atoms with Gasteiger partial charge in [0.2, 0.25) is 0 Å². The fourth-order valence-electron chi connectivity index (χ4n) is 8.32. The van der Waals surface area contributed by atoms with Gasteiger partial charge in [-0.2, -0.15) is 0 Å². The van der Waals surface area contributed by atoms with Crippen LogP contribution >= 0.6 is 11.3 Å². The van der Waals surface area contributed by atoms with E-state index in [-0.39, 0.29) is 0 Å². The molecule has 11 aromatic rings. The first-order valence-electron chi connectivity index (χ1n) is 18.1. The van der Waals surface area contributed by atoms with Crippen LogP contribution in [0.1, 0.15) is 0 Å². The van der Waals surface area contributed by atoms with Crippen molar-refractivity contribution in [3.05, 3.63) is 194 Å². The highest BCUT2D eigenvalue weighted by molar-refractivity contribution is 7.26. The molecule has 0 radical (unpaired) electrons. The average molecular weight is 693 g/mol. The Balaban J connectivity index is 1.18. The van der Waals surface area contributed by atoms with Gasteiger partial charge in [-0.1, -0.05) is 146 Å². The number of benzene rings is 8. The molecular weight excluding hydrogens is 661 g/mol. The van der Waals surface area contributed by atoms with E-state index in [1.165, 1.54) is 91.9 Å². The lowest BCUT2D eigenvalue weighted by atomic mass is 9.98. The van der Waals surface area contributed by atoms with Crippen molar-refractivity contribution in [2.24, 2.45) is 0 Å². The summed E-state index contributed by atoms with van der Waals surface area (Å²) in [5, 5.41) is 6.35. The first-order chi connectivity index (χ1) is 26.3. The van der Waals surface area contributed by atoms with Gasteiger partial charge in [-0.25, -0.2) is 0 Å². The highest BCUT2D eigenvalue weighted by atomic mass is 32.1. The SMILES string of the molecule is c1ccc(-c2cc(-c3ccccc3)cc(-n3ccc4c3ccc3c5ccccc5n(-c5cccc6c5sc5c(-c7ccccc7)cccc56)c34)c2)cc1. The summed E-state index contributed by atoms with van der Waals surface area (Å²) in [4.78, 5) is 0. The molecule has 0 aliphatic rings. The Labute approximate surface area is 311 Å². The monoisotopic (exact) mass is 692 g/mol. The Hall–Kier alpha value is -6.68. The smallest absolute Gasteiger partial charge is 0.0641 e. The predicted molar refractivity (Wildman–Crippen MR) is 227 cm³/mol. The van der Waals surface area contributed by atoms with Crippen LogP contribution in [-0.2, 0) is 0 Å². The summed E-state index contributed by atoms with van der Waals surface area (Å²) in [7, 11) is 0. The Kier molecular flexibility index (Phi) is 6.76. The topological polar surface area (TPSA) is 9.86 Å². The maximum Gasteiger partial charge on any atom is 0.0641 e. The van der Waals surface area contributed by atoms with Gasteiger partial charge < -0.3 is 9.13 Å². The molecule has 0 N–H and O–H groups in total. The molecule has 0 bridgehead atoms. The Morgan fingerprint density at radius 1 is 0.358 bits per heavy atom. The van der Waals surface area contributed by atoms with E-state index in [1.807, 2.05) is 11.3 Å². The van der Waals surface area contributed by atoms with Crippen LogP contribution in [0.15, 0.2) is 194 Å². The number of aromatic nitrogens is 2. The van der Waals surface area contributed by atoms with Gasteiger partial charge in [-0.15, -0.1) is 11.3 Å². The molecule has 0 aliphatic heterocycles. The van der Waals surface area contributed by atoms with Gasteiger partial charge in [-0.3, -0.25) is 0 Å². The largest absolute Gasteiger partial charge is 0.316 e. The van der Waals surface area contributed by atoms with E-state index < -0.39 is 0 Å². The lowest BCUT2D eigenvalue weighted by Gasteiger charge is -2.13. The molecule has 3 heterocycles. The number of hydrogen-bond donors (Lipinski definition) is 0. The normalized spacial score (nSPS) is 11.8. The second-order valence-corrected chi connectivity index (χ2v) is 14.8. The lowest BCUT2D eigenvalue weighted by molar-refractivity contribution is 1.13.